The summed E-state index contributed by atoms with van der Waals surface area (Å²) >= 11 is 0. The molecule has 0 heterocycles. The highest BCUT2D eigenvalue weighted by atomic mass is 19.4. The molecule has 0 aliphatic heterocycles. The second-order valence-electron chi connectivity index (χ2n) is 8.97. The smallest absolute Gasteiger partial charge is 0.200 e. The van der Waals surface area contributed by atoms with Gasteiger partial charge in [0.05, 0.1) is 0 Å². The molecule has 2 aromatic rings. The van der Waals surface area contributed by atoms with Crippen LogP contribution in [-0.4, -0.2) is 47.6 Å². The van der Waals surface area contributed by atoms with Crippen LogP contribution in [0.3, 0.4) is 0 Å². The molecule has 0 amide bonds. The Bertz CT molecular complexity index is 1260. The molecule has 0 spiro atoms. The lowest BCUT2D eigenvalue weighted by atomic mass is 9.87. The average Bonchev–Trinajstić information content (AvgIpc) is 3.19. The van der Waals surface area contributed by atoms with E-state index in [1.165, 1.54) is 12.1 Å². The second-order valence-corrected chi connectivity index (χ2v) is 8.97. The Morgan fingerprint density at radius 2 is 0.925 bits per heavy atom. The Kier molecular flexibility index (Phi) is 7.25. The van der Waals surface area contributed by atoms with Gasteiger partial charge >= 0.3 is 47.6 Å². The Morgan fingerprint density at radius 1 is 0.475 bits per heavy atom. The van der Waals surface area contributed by atoms with Gasteiger partial charge in [-0.15, -0.1) is 0 Å². The molecule has 0 N–H and O–H groups in total. The molecule has 3 rings (SSSR count). The first-order valence-corrected chi connectivity index (χ1v) is 10.7. The van der Waals surface area contributed by atoms with Crippen molar-refractivity contribution in [1.82, 2.24) is 0 Å². The highest BCUT2D eigenvalue weighted by Crippen LogP contribution is 2.64. The van der Waals surface area contributed by atoms with Crippen molar-refractivity contribution in [3.8, 4) is 11.1 Å². The summed E-state index contributed by atoms with van der Waals surface area (Å²) in [5, 5.41) is 0. The Balaban J connectivity index is 1.89. The van der Waals surface area contributed by atoms with Crippen LogP contribution in [0.25, 0.3) is 11.1 Å². The maximum Gasteiger partial charge on any atom is 0.460 e. The molecule has 0 saturated heterocycles. The number of hydrogen-bond acceptors (Lipinski definition) is 0. The van der Waals surface area contributed by atoms with Gasteiger partial charge in [0.25, 0.3) is 0 Å². The molecule has 1 aliphatic rings. The lowest BCUT2D eigenvalue weighted by molar-refractivity contribution is -0.461. The molecule has 0 bridgehead atoms. The van der Waals surface area contributed by atoms with Crippen molar-refractivity contribution in [1.29, 1.82) is 0 Å². The van der Waals surface area contributed by atoms with Gasteiger partial charge in [-0.25, -0.2) is 0 Å². The minimum atomic E-state index is -8.61. The van der Waals surface area contributed by atoms with E-state index in [9.17, 15) is 74.6 Å². The summed E-state index contributed by atoms with van der Waals surface area (Å²) in [6.07, 6.45) is -11.3. The van der Waals surface area contributed by atoms with Crippen LogP contribution in [0.5, 0.6) is 0 Å². The molecule has 2 aromatic carbocycles. The third-order valence-electron chi connectivity index (χ3n) is 6.37. The van der Waals surface area contributed by atoms with Gasteiger partial charge in [0.1, 0.15) is 0 Å². The van der Waals surface area contributed by atoms with Crippen LogP contribution in [-0.2, 0) is 12.8 Å². The predicted octanol–water partition coefficient (Wildman–Crippen LogP) is 9.20. The average molecular weight is 612 g/mol. The number of alkyl halides is 17. The van der Waals surface area contributed by atoms with Crippen molar-refractivity contribution in [2.75, 3.05) is 0 Å². The summed E-state index contributed by atoms with van der Waals surface area (Å²) in [5.41, 5.74) is 2.28. The van der Waals surface area contributed by atoms with Gasteiger partial charge in [0.2, 0.25) is 0 Å². The summed E-state index contributed by atoms with van der Waals surface area (Å²) in [4.78, 5) is 0. The van der Waals surface area contributed by atoms with Crippen LogP contribution < -0.4 is 0 Å². The standard InChI is InChI=1S/C23H13F17/c24-16(25,8-7-11-5-6-15-13(9-11)10-12-3-1-2-4-14(12)15)17(26,27)18(28,29)19(30,31)20(32,33)21(34,35)22(36,37)23(38,39)40/h1-6,9H,7-8,10H2. The fourth-order valence-corrected chi connectivity index (χ4v) is 4.01. The number of rotatable bonds is 9. The molecule has 0 nitrogen and oxygen atoms in total. The lowest BCUT2D eigenvalue weighted by Crippen LogP contribution is -2.74. The number of halogens is 17. The molecule has 0 radical (unpaired) electrons. The van der Waals surface area contributed by atoms with Gasteiger partial charge in [-0.2, -0.15) is 74.6 Å². The summed E-state index contributed by atoms with van der Waals surface area (Å²) in [6.45, 7) is 0. The number of fused-ring (bicyclic) bond motifs is 3. The zero-order valence-corrected chi connectivity index (χ0v) is 19.1. The molecule has 224 valence electrons. The molecular weight excluding hydrogens is 599 g/mol. The molecule has 0 saturated carbocycles. The first-order valence-electron chi connectivity index (χ1n) is 10.7. The normalized spacial score (nSPS) is 15.7. The summed E-state index contributed by atoms with van der Waals surface area (Å²) in [7, 11) is 0. The van der Waals surface area contributed by atoms with E-state index in [0.29, 0.717) is 11.1 Å². The molecule has 0 unspecified atom stereocenters. The van der Waals surface area contributed by atoms with E-state index in [0.717, 1.165) is 17.2 Å². The Morgan fingerprint density at radius 3 is 1.45 bits per heavy atom. The fourth-order valence-electron chi connectivity index (χ4n) is 4.01. The van der Waals surface area contributed by atoms with E-state index in [2.05, 4.69) is 0 Å². The third kappa shape index (κ3) is 4.28. The highest BCUT2D eigenvalue weighted by Gasteiger charge is 2.95. The van der Waals surface area contributed by atoms with Crippen molar-refractivity contribution < 1.29 is 74.6 Å². The van der Waals surface area contributed by atoms with Crippen LogP contribution in [0.1, 0.15) is 23.1 Å². The van der Waals surface area contributed by atoms with Gasteiger partial charge < -0.3 is 0 Å². The number of benzene rings is 2. The van der Waals surface area contributed by atoms with Crippen molar-refractivity contribution in [3.05, 3.63) is 59.2 Å². The van der Waals surface area contributed by atoms with Crippen LogP contribution in [0.2, 0.25) is 0 Å². The van der Waals surface area contributed by atoms with E-state index in [1.54, 1.807) is 24.3 Å². The minimum Gasteiger partial charge on any atom is -0.200 e. The molecule has 40 heavy (non-hydrogen) atoms. The van der Waals surface area contributed by atoms with Gasteiger partial charge in [-0.3, -0.25) is 0 Å². The van der Waals surface area contributed by atoms with Crippen LogP contribution in [0.15, 0.2) is 42.5 Å². The summed E-state index contributed by atoms with van der Waals surface area (Å²) in [5.74, 6) is -56.1. The first-order chi connectivity index (χ1) is 17.8. The van der Waals surface area contributed by atoms with E-state index in [4.69, 9.17) is 0 Å². The topological polar surface area (TPSA) is 0 Å². The molecule has 0 aromatic heterocycles. The first kappa shape index (κ1) is 31.8. The maximum atomic E-state index is 14.2. The largest absolute Gasteiger partial charge is 0.460 e. The number of aryl methyl sites for hydroxylation is 1. The zero-order valence-electron chi connectivity index (χ0n) is 19.1. The minimum absolute atomic E-state index is 0.224. The van der Waals surface area contributed by atoms with Crippen molar-refractivity contribution in [2.45, 2.75) is 66.9 Å². The second kappa shape index (κ2) is 9.13. The SMILES string of the molecule is FC(F)(F)C(F)(F)C(F)(F)C(F)(F)C(F)(F)C(F)(F)C(F)(F)C(F)(F)CCc1ccc2c(c1)Cc1ccccc1-2. The molecular formula is C23H13F17. The fraction of sp³-hybridized carbons (Fsp3) is 0.478. The van der Waals surface area contributed by atoms with E-state index in [1.807, 2.05) is 0 Å². The van der Waals surface area contributed by atoms with E-state index in [-0.39, 0.29) is 12.0 Å². The highest BCUT2D eigenvalue weighted by molar-refractivity contribution is 5.76. The van der Waals surface area contributed by atoms with Gasteiger partial charge in [0, 0.05) is 6.42 Å². The maximum absolute atomic E-state index is 14.2. The van der Waals surface area contributed by atoms with Gasteiger partial charge in [0.15, 0.2) is 0 Å². The van der Waals surface area contributed by atoms with Crippen molar-refractivity contribution in [3.63, 3.8) is 0 Å². The zero-order chi connectivity index (χ0) is 31.0. The quantitative estimate of drug-likeness (QED) is 0.212. The molecule has 17 heteroatoms. The van der Waals surface area contributed by atoms with Crippen molar-refractivity contribution >= 4 is 0 Å². The summed E-state index contributed by atoms with van der Waals surface area (Å²) in [6, 6.07) is 10.3. The Labute approximate surface area is 212 Å². The molecule has 0 fully saturated rings. The van der Waals surface area contributed by atoms with Gasteiger partial charge in [-0.05, 0) is 40.7 Å². The lowest BCUT2D eigenvalue weighted by Gasteiger charge is -2.42. The van der Waals surface area contributed by atoms with E-state index >= 15 is 0 Å². The van der Waals surface area contributed by atoms with Crippen molar-refractivity contribution in [2.24, 2.45) is 0 Å². The monoisotopic (exact) mass is 612 g/mol. The third-order valence-corrected chi connectivity index (χ3v) is 6.37. The Hall–Kier alpha value is -2.75. The van der Waals surface area contributed by atoms with Crippen LogP contribution >= 0.6 is 0 Å². The summed E-state index contributed by atoms with van der Waals surface area (Å²) < 4.78 is 228. The predicted molar refractivity (Wildman–Crippen MR) is 104 cm³/mol. The van der Waals surface area contributed by atoms with E-state index < -0.39 is 60.5 Å². The van der Waals surface area contributed by atoms with Gasteiger partial charge in [-0.1, -0.05) is 42.5 Å². The molecule has 0 atom stereocenters. The van der Waals surface area contributed by atoms with Crippen LogP contribution in [0, 0.1) is 0 Å². The van der Waals surface area contributed by atoms with Crippen LogP contribution in [0.4, 0.5) is 74.6 Å². The molecule has 1 aliphatic carbocycles. The number of hydrogen-bond donors (Lipinski definition) is 0.